The van der Waals surface area contributed by atoms with Gasteiger partial charge >= 0.3 is 0 Å². The lowest BCUT2D eigenvalue weighted by atomic mass is 9.92. The van der Waals surface area contributed by atoms with E-state index in [9.17, 15) is 5.11 Å². The molecule has 0 saturated carbocycles. The van der Waals surface area contributed by atoms with Crippen molar-refractivity contribution in [1.29, 1.82) is 0 Å². The largest absolute Gasteiger partial charge is 0.508 e. The molecule has 0 aliphatic heterocycles. The molecule has 0 aliphatic rings. The van der Waals surface area contributed by atoms with E-state index in [0.717, 1.165) is 12.0 Å². The van der Waals surface area contributed by atoms with E-state index in [2.05, 4.69) is 44.2 Å². The molecule has 1 atom stereocenters. The normalized spacial score (nSPS) is 12.4. The SMILES string of the molecule is Cc1ccc(O)c(C(C)Cc2ccccc2)c1. The van der Waals surface area contributed by atoms with E-state index in [1.807, 2.05) is 12.1 Å². The van der Waals surface area contributed by atoms with E-state index in [1.54, 1.807) is 6.07 Å². The minimum Gasteiger partial charge on any atom is -0.508 e. The summed E-state index contributed by atoms with van der Waals surface area (Å²) in [5, 5.41) is 9.88. The van der Waals surface area contributed by atoms with Gasteiger partial charge in [0.05, 0.1) is 0 Å². The first-order valence-corrected chi connectivity index (χ1v) is 6.00. The highest BCUT2D eigenvalue weighted by atomic mass is 16.3. The summed E-state index contributed by atoms with van der Waals surface area (Å²) in [6, 6.07) is 16.2. The van der Waals surface area contributed by atoms with Gasteiger partial charge in [-0.15, -0.1) is 0 Å². The molecule has 17 heavy (non-hydrogen) atoms. The number of phenolic OH excluding ortho intramolecular Hbond substituents is 1. The molecule has 1 heteroatoms. The summed E-state index contributed by atoms with van der Waals surface area (Å²) in [4.78, 5) is 0. The summed E-state index contributed by atoms with van der Waals surface area (Å²) in [6.07, 6.45) is 0.956. The summed E-state index contributed by atoms with van der Waals surface area (Å²) >= 11 is 0. The fraction of sp³-hybridized carbons (Fsp3) is 0.250. The Morgan fingerprint density at radius 3 is 2.47 bits per heavy atom. The van der Waals surface area contributed by atoms with E-state index in [0.29, 0.717) is 11.7 Å². The molecule has 1 nitrogen and oxygen atoms in total. The predicted octanol–water partition coefficient (Wildman–Crippen LogP) is 4.05. The number of rotatable bonds is 3. The van der Waals surface area contributed by atoms with Crippen molar-refractivity contribution in [2.45, 2.75) is 26.2 Å². The second-order valence-corrected chi connectivity index (χ2v) is 4.65. The van der Waals surface area contributed by atoms with Crippen molar-refractivity contribution in [2.24, 2.45) is 0 Å². The Hall–Kier alpha value is -1.76. The lowest BCUT2D eigenvalue weighted by Crippen LogP contribution is -1.99. The second kappa shape index (κ2) is 5.05. The van der Waals surface area contributed by atoms with Crippen molar-refractivity contribution in [3.8, 4) is 5.75 Å². The Kier molecular flexibility index (Phi) is 3.48. The molecule has 2 aromatic rings. The van der Waals surface area contributed by atoms with Crippen LogP contribution in [0.2, 0.25) is 0 Å². The van der Waals surface area contributed by atoms with Crippen LogP contribution in [0.5, 0.6) is 5.75 Å². The first-order chi connectivity index (χ1) is 8.16. The van der Waals surface area contributed by atoms with Crippen molar-refractivity contribution in [3.63, 3.8) is 0 Å². The van der Waals surface area contributed by atoms with E-state index in [1.165, 1.54) is 11.1 Å². The van der Waals surface area contributed by atoms with Gasteiger partial charge in [0.25, 0.3) is 0 Å². The van der Waals surface area contributed by atoms with Crippen LogP contribution in [0.4, 0.5) is 0 Å². The standard InChI is InChI=1S/C16H18O/c1-12-8-9-16(17)15(10-12)13(2)11-14-6-4-3-5-7-14/h3-10,13,17H,11H2,1-2H3. The Morgan fingerprint density at radius 1 is 1.06 bits per heavy atom. The fourth-order valence-corrected chi connectivity index (χ4v) is 2.15. The molecule has 1 N–H and O–H groups in total. The monoisotopic (exact) mass is 226 g/mol. The van der Waals surface area contributed by atoms with Crippen LogP contribution in [0.1, 0.15) is 29.5 Å². The minimum atomic E-state index is 0.331. The van der Waals surface area contributed by atoms with Gasteiger partial charge in [-0.3, -0.25) is 0 Å². The van der Waals surface area contributed by atoms with Gasteiger partial charge in [0.15, 0.2) is 0 Å². The van der Waals surface area contributed by atoms with Gasteiger partial charge in [0, 0.05) is 0 Å². The van der Waals surface area contributed by atoms with Crippen molar-refractivity contribution in [3.05, 3.63) is 65.2 Å². The molecule has 0 spiro atoms. The third-order valence-corrected chi connectivity index (χ3v) is 3.10. The van der Waals surface area contributed by atoms with E-state index >= 15 is 0 Å². The van der Waals surface area contributed by atoms with Crippen LogP contribution in [-0.4, -0.2) is 5.11 Å². The van der Waals surface area contributed by atoms with Gasteiger partial charge in [0.1, 0.15) is 5.75 Å². The number of hydrogen-bond acceptors (Lipinski definition) is 1. The molecule has 0 amide bonds. The van der Waals surface area contributed by atoms with Gasteiger partial charge in [0.2, 0.25) is 0 Å². The number of hydrogen-bond donors (Lipinski definition) is 1. The molecule has 0 heterocycles. The van der Waals surface area contributed by atoms with Crippen LogP contribution >= 0.6 is 0 Å². The molecule has 0 aliphatic carbocycles. The lowest BCUT2D eigenvalue weighted by molar-refractivity contribution is 0.462. The zero-order valence-corrected chi connectivity index (χ0v) is 10.4. The highest BCUT2D eigenvalue weighted by molar-refractivity contribution is 5.38. The molecular weight excluding hydrogens is 208 g/mol. The summed E-state index contributed by atoms with van der Waals surface area (Å²) < 4.78 is 0. The Balaban J connectivity index is 2.20. The number of aromatic hydroxyl groups is 1. The van der Waals surface area contributed by atoms with Crippen LogP contribution < -0.4 is 0 Å². The maximum absolute atomic E-state index is 9.88. The molecule has 0 radical (unpaired) electrons. The van der Waals surface area contributed by atoms with Gasteiger partial charge < -0.3 is 5.11 Å². The summed E-state index contributed by atoms with van der Waals surface area (Å²) in [6.45, 7) is 4.21. The average Bonchev–Trinajstić information content (AvgIpc) is 2.33. The van der Waals surface area contributed by atoms with Crippen LogP contribution in [0.25, 0.3) is 0 Å². The second-order valence-electron chi connectivity index (χ2n) is 4.65. The summed E-state index contributed by atoms with van der Waals surface area (Å²) in [5.41, 5.74) is 3.53. The third kappa shape index (κ3) is 2.88. The van der Waals surface area contributed by atoms with Gasteiger partial charge in [-0.2, -0.15) is 0 Å². The van der Waals surface area contributed by atoms with Gasteiger partial charge in [-0.1, -0.05) is 55.0 Å². The van der Waals surface area contributed by atoms with Gasteiger partial charge in [-0.25, -0.2) is 0 Å². The third-order valence-electron chi connectivity index (χ3n) is 3.10. The average molecular weight is 226 g/mol. The van der Waals surface area contributed by atoms with Crippen LogP contribution in [0, 0.1) is 6.92 Å². The van der Waals surface area contributed by atoms with Gasteiger partial charge in [-0.05, 0) is 36.5 Å². The first-order valence-electron chi connectivity index (χ1n) is 6.00. The topological polar surface area (TPSA) is 20.2 Å². The van der Waals surface area contributed by atoms with Crippen molar-refractivity contribution < 1.29 is 5.11 Å². The minimum absolute atomic E-state index is 0.331. The zero-order chi connectivity index (χ0) is 12.3. The molecule has 0 saturated heterocycles. The molecule has 2 rings (SSSR count). The molecule has 0 fully saturated rings. The molecule has 0 bridgehead atoms. The zero-order valence-electron chi connectivity index (χ0n) is 10.4. The van der Waals surface area contributed by atoms with Crippen LogP contribution in [0.15, 0.2) is 48.5 Å². The molecular formula is C16H18O. The quantitative estimate of drug-likeness (QED) is 0.837. The summed E-state index contributed by atoms with van der Waals surface area (Å²) in [7, 11) is 0. The number of benzene rings is 2. The lowest BCUT2D eigenvalue weighted by Gasteiger charge is -2.14. The van der Waals surface area contributed by atoms with E-state index < -0.39 is 0 Å². The highest BCUT2D eigenvalue weighted by Gasteiger charge is 2.11. The molecule has 0 aromatic heterocycles. The van der Waals surface area contributed by atoms with Crippen LogP contribution in [0.3, 0.4) is 0 Å². The van der Waals surface area contributed by atoms with Crippen molar-refractivity contribution in [2.75, 3.05) is 0 Å². The van der Waals surface area contributed by atoms with Crippen LogP contribution in [-0.2, 0) is 6.42 Å². The summed E-state index contributed by atoms with van der Waals surface area (Å²) in [5.74, 6) is 0.733. The fourth-order valence-electron chi connectivity index (χ4n) is 2.15. The Morgan fingerprint density at radius 2 is 1.76 bits per heavy atom. The Bertz CT molecular complexity index is 488. The molecule has 2 aromatic carbocycles. The molecule has 88 valence electrons. The predicted molar refractivity (Wildman–Crippen MR) is 71.4 cm³/mol. The van der Waals surface area contributed by atoms with E-state index in [-0.39, 0.29) is 0 Å². The smallest absolute Gasteiger partial charge is 0.119 e. The van der Waals surface area contributed by atoms with Crippen molar-refractivity contribution in [1.82, 2.24) is 0 Å². The number of phenols is 1. The number of aryl methyl sites for hydroxylation is 1. The first kappa shape index (κ1) is 11.7. The maximum Gasteiger partial charge on any atom is 0.119 e. The molecule has 1 unspecified atom stereocenters. The van der Waals surface area contributed by atoms with E-state index in [4.69, 9.17) is 0 Å². The maximum atomic E-state index is 9.88. The highest BCUT2D eigenvalue weighted by Crippen LogP contribution is 2.29. The Labute approximate surface area is 103 Å². The van der Waals surface area contributed by atoms with Crippen molar-refractivity contribution >= 4 is 0 Å².